The number of rotatable bonds is 7. The highest BCUT2D eigenvalue weighted by molar-refractivity contribution is 6.08. The predicted molar refractivity (Wildman–Crippen MR) is 171 cm³/mol. The minimum absolute atomic E-state index is 0.0357. The molecule has 1 heterocycles. The molecule has 0 atom stereocenters. The predicted octanol–water partition coefficient (Wildman–Crippen LogP) is 8.25. The number of benzene rings is 2. The SMILES string of the molecule is Cc1ccc(N(C(=O)OC(C)(C)C)c2cc(COCc3ccccc3)nc(N(C(=O)OC(C)(C)C)C(=O)OC(C)(C)C)n2)cc1. The molecule has 0 fully saturated rings. The maximum absolute atomic E-state index is 13.7. The summed E-state index contributed by atoms with van der Waals surface area (Å²) in [4.78, 5) is 51.6. The number of carbonyl (C=O) groups is 3. The molecular weight excluding hydrogens is 576 g/mol. The Kier molecular flexibility index (Phi) is 10.9. The van der Waals surface area contributed by atoms with Gasteiger partial charge in [0.2, 0.25) is 5.95 Å². The molecule has 3 rings (SSSR count). The summed E-state index contributed by atoms with van der Waals surface area (Å²) in [6.45, 7) is 17.4. The fourth-order valence-electron chi connectivity index (χ4n) is 3.79. The van der Waals surface area contributed by atoms with Crippen molar-refractivity contribution in [2.24, 2.45) is 0 Å². The Hall–Kier alpha value is -4.51. The topological polar surface area (TPSA) is 120 Å². The normalized spacial score (nSPS) is 11.9. The number of hydrogen-bond donors (Lipinski definition) is 0. The van der Waals surface area contributed by atoms with Gasteiger partial charge in [0.05, 0.1) is 24.6 Å². The summed E-state index contributed by atoms with van der Waals surface area (Å²) >= 11 is 0. The van der Waals surface area contributed by atoms with Crippen LogP contribution >= 0.6 is 0 Å². The van der Waals surface area contributed by atoms with Gasteiger partial charge < -0.3 is 18.9 Å². The standard InChI is InChI=1S/C34H44N4O7/c1-23-16-18-26(19-17-23)37(29(39)43-32(2,3)4)27-20-25(22-42-21-24-14-12-11-13-15-24)35-28(36-27)38(30(40)44-33(5,6)7)31(41)45-34(8,9)10/h11-20H,21-22H2,1-10H3. The highest BCUT2D eigenvalue weighted by atomic mass is 16.6. The molecule has 0 unspecified atom stereocenters. The van der Waals surface area contributed by atoms with E-state index in [1.165, 1.54) is 4.90 Å². The summed E-state index contributed by atoms with van der Waals surface area (Å²) in [5.41, 5.74) is -0.118. The number of carbonyl (C=O) groups excluding carboxylic acids is 3. The third-order valence-electron chi connectivity index (χ3n) is 5.56. The summed E-state index contributed by atoms with van der Waals surface area (Å²) in [5, 5.41) is 0. The molecule has 0 aliphatic heterocycles. The molecule has 0 radical (unpaired) electrons. The van der Waals surface area contributed by atoms with E-state index in [0.717, 1.165) is 11.1 Å². The second kappa shape index (κ2) is 14.1. The summed E-state index contributed by atoms with van der Waals surface area (Å²) in [5.74, 6) is -0.330. The number of ether oxygens (including phenoxy) is 4. The molecule has 11 nitrogen and oxygen atoms in total. The van der Waals surface area contributed by atoms with Crippen molar-refractivity contribution in [2.45, 2.75) is 99.3 Å². The van der Waals surface area contributed by atoms with Crippen LogP contribution in [0.3, 0.4) is 0 Å². The molecule has 0 N–H and O–H groups in total. The molecule has 1 aromatic heterocycles. The Labute approximate surface area is 265 Å². The van der Waals surface area contributed by atoms with E-state index < -0.39 is 35.1 Å². The number of aromatic nitrogens is 2. The Morgan fingerprint density at radius 1 is 0.667 bits per heavy atom. The van der Waals surface area contributed by atoms with Crippen LogP contribution in [0.2, 0.25) is 0 Å². The molecule has 0 saturated carbocycles. The number of hydrogen-bond acceptors (Lipinski definition) is 9. The van der Waals surface area contributed by atoms with Gasteiger partial charge in [-0.3, -0.25) is 0 Å². The molecule has 0 saturated heterocycles. The zero-order valence-electron chi connectivity index (χ0n) is 27.8. The summed E-state index contributed by atoms with van der Waals surface area (Å²) in [6.07, 6.45) is -2.83. The van der Waals surface area contributed by atoms with E-state index in [1.807, 2.05) is 49.4 Å². The molecule has 0 bridgehead atoms. The lowest BCUT2D eigenvalue weighted by atomic mass is 10.2. The molecule has 3 aromatic rings. The van der Waals surface area contributed by atoms with Gasteiger partial charge in [0, 0.05) is 6.07 Å². The molecule has 0 aliphatic rings. The van der Waals surface area contributed by atoms with Crippen molar-refractivity contribution in [3.8, 4) is 0 Å². The zero-order valence-corrected chi connectivity index (χ0v) is 27.8. The largest absolute Gasteiger partial charge is 0.443 e. The molecule has 0 spiro atoms. The fraction of sp³-hybridized carbons (Fsp3) is 0.441. The van der Waals surface area contributed by atoms with Gasteiger partial charge in [0.1, 0.15) is 22.6 Å². The molecule has 11 heteroatoms. The van der Waals surface area contributed by atoms with Crippen LogP contribution in [0.15, 0.2) is 60.7 Å². The van der Waals surface area contributed by atoms with Crippen molar-refractivity contribution in [3.05, 3.63) is 77.5 Å². The van der Waals surface area contributed by atoms with Crippen LogP contribution in [0.1, 0.15) is 79.1 Å². The quantitative estimate of drug-likeness (QED) is 0.240. The van der Waals surface area contributed by atoms with Gasteiger partial charge in [-0.1, -0.05) is 48.0 Å². The lowest BCUT2D eigenvalue weighted by molar-refractivity contribution is 0.0426. The van der Waals surface area contributed by atoms with Crippen LogP contribution in [0, 0.1) is 6.92 Å². The number of imide groups is 1. The Morgan fingerprint density at radius 3 is 1.69 bits per heavy atom. The van der Waals surface area contributed by atoms with E-state index in [2.05, 4.69) is 9.97 Å². The third kappa shape index (κ3) is 11.2. The summed E-state index contributed by atoms with van der Waals surface area (Å²) in [6, 6.07) is 18.3. The van der Waals surface area contributed by atoms with E-state index >= 15 is 0 Å². The van der Waals surface area contributed by atoms with Crippen LogP contribution in [-0.4, -0.2) is 45.1 Å². The van der Waals surface area contributed by atoms with Gasteiger partial charge in [-0.15, -0.1) is 4.90 Å². The van der Waals surface area contributed by atoms with Crippen LogP contribution in [0.4, 0.5) is 31.8 Å². The Bertz CT molecular complexity index is 1440. The first kappa shape index (κ1) is 35.0. The highest BCUT2D eigenvalue weighted by Gasteiger charge is 2.36. The highest BCUT2D eigenvalue weighted by Crippen LogP contribution is 2.30. The molecule has 2 aromatic carbocycles. The van der Waals surface area contributed by atoms with Crippen LogP contribution < -0.4 is 9.80 Å². The Morgan fingerprint density at radius 2 is 1.18 bits per heavy atom. The first-order valence-electron chi connectivity index (χ1n) is 14.7. The van der Waals surface area contributed by atoms with Gasteiger partial charge in [-0.25, -0.2) is 24.3 Å². The summed E-state index contributed by atoms with van der Waals surface area (Å²) in [7, 11) is 0. The molecule has 0 aliphatic carbocycles. The smallest absolute Gasteiger partial charge is 0.427 e. The lowest BCUT2D eigenvalue weighted by Gasteiger charge is -2.29. The zero-order chi connectivity index (χ0) is 33.6. The van der Waals surface area contributed by atoms with Gasteiger partial charge in [0.15, 0.2) is 0 Å². The summed E-state index contributed by atoms with van der Waals surface area (Å²) < 4.78 is 22.8. The van der Waals surface area contributed by atoms with Crippen molar-refractivity contribution < 1.29 is 33.3 Å². The minimum atomic E-state index is -1.05. The number of nitrogens with zero attached hydrogens (tertiary/aromatic N) is 4. The van der Waals surface area contributed by atoms with Gasteiger partial charge in [0.25, 0.3) is 0 Å². The molecule has 242 valence electrons. The second-order valence-corrected chi connectivity index (χ2v) is 13.4. The van der Waals surface area contributed by atoms with Crippen molar-refractivity contribution in [1.82, 2.24) is 9.97 Å². The van der Waals surface area contributed by atoms with Gasteiger partial charge >= 0.3 is 18.3 Å². The van der Waals surface area contributed by atoms with Crippen molar-refractivity contribution in [3.63, 3.8) is 0 Å². The molecular formula is C34H44N4O7. The van der Waals surface area contributed by atoms with Crippen molar-refractivity contribution in [2.75, 3.05) is 9.80 Å². The monoisotopic (exact) mass is 620 g/mol. The van der Waals surface area contributed by atoms with Crippen molar-refractivity contribution >= 4 is 35.7 Å². The molecule has 45 heavy (non-hydrogen) atoms. The number of amides is 3. The van der Waals surface area contributed by atoms with E-state index in [9.17, 15) is 14.4 Å². The van der Waals surface area contributed by atoms with E-state index in [1.54, 1.807) is 80.5 Å². The first-order valence-corrected chi connectivity index (χ1v) is 14.7. The van der Waals surface area contributed by atoms with Crippen LogP contribution in [0.5, 0.6) is 0 Å². The van der Waals surface area contributed by atoms with Gasteiger partial charge in [-0.2, -0.15) is 4.98 Å². The van der Waals surface area contributed by atoms with Crippen LogP contribution in [-0.2, 0) is 32.2 Å². The van der Waals surface area contributed by atoms with E-state index in [0.29, 0.717) is 10.6 Å². The van der Waals surface area contributed by atoms with E-state index in [-0.39, 0.29) is 30.7 Å². The number of anilines is 3. The van der Waals surface area contributed by atoms with Crippen molar-refractivity contribution in [1.29, 1.82) is 0 Å². The fourth-order valence-corrected chi connectivity index (χ4v) is 3.79. The Balaban J connectivity index is 2.20. The third-order valence-corrected chi connectivity index (χ3v) is 5.56. The number of aryl methyl sites for hydroxylation is 1. The van der Waals surface area contributed by atoms with E-state index in [4.69, 9.17) is 18.9 Å². The average Bonchev–Trinajstić information content (AvgIpc) is 2.87. The maximum Gasteiger partial charge on any atom is 0.427 e. The van der Waals surface area contributed by atoms with Gasteiger partial charge in [-0.05, 0) is 86.9 Å². The first-order chi connectivity index (χ1) is 20.8. The second-order valence-electron chi connectivity index (χ2n) is 13.4. The average molecular weight is 621 g/mol. The lowest BCUT2D eigenvalue weighted by Crippen LogP contribution is -2.45. The maximum atomic E-state index is 13.7. The minimum Gasteiger partial charge on any atom is -0.443 e. The van der Waals surface area contributed by atoms with Crippen LogP contribution in [0.25, 0.3) is 0 Å². The molecule has 3 amide bonds.